The molecule has 0 saturated carbocycles. The molecule has 1 aromatic rings. The van der Waals surface area contributed by atoms with Gasteiger partial charge in [-0.25, -0.2) is 9.97 Å². The van der Waals surface area contributed by atoms with Crippen LogP contribution in [0.3, 0.4) is 0 Å². The van der Waals surface area contributed by atoms with Crippen molar-refractivity contribution in [2.24, 2.45) is 0 Å². The summed E-state index contributed by atoms with van der Waals surface area (Å²) in [5.41, 5.74) is 0.662. The molecule has 0 amide bonds. The minimum absolute atomic E-state index is 0.342. The predicted molar refractivity (Wildman–Crippen MR) is 69.6 cm³/mol. The quantitative estimate of drug-likeness (QED) is 0.828. The van der Waals surface area contributed by atoms with E-state index in [9.17, 15) is 0 Å². The number of hydrogen-bond donors (Lipinski definition) is 1. The van der Waals surface area contributed by atoms with Crippen LogP contribution in [0.2, 0.25) is 0 Å². The molecule has 0 aromatic carbocycles. The maximum Gasteiger partial charge on any atom is 0.130 e. The first kappa shape index (κ1) is 13.5. The number of rotatable bonds is 5. The van der Waals surface area contributed by atoms with E-state index in [1.54, 1.807) is 6.33 Å². The van der Waals surface area contributed by atoms with Gasteiger partial charge in [-0.3, -0.25) is 0 Å². The van der Waals surface area contributed by atoms with E-state index in [0.29, 0.717) is 17.7 Å². The first-order valence-electron chi connectivity index (χ1n) is 5.23. The Morgan fingerprint density at radius 3 is 2.44 bits per heavy atom. The van der Waals surface area contributed by atoms with Crippen molar-refractivity contribution in [2.45, 2.75) is 32.2 Å². The van der Waals surface area contributed by atoms with Crippen LogP contribution < -0.4 is 5.32 Å². The highest BCUT2D eigenvalue weighted by atomic mass is 35.5. The summed E-state index contributed by atoms with van der Waals surface area (Å²) in [6, 6.07) is 1.93. The molecule has 1 N–H and O–H groups in total. The molecular formula is C11H17Cl2N3. The minimum Gasteiger partial charge on any atom is -0.362 e. The Kier molecular flexibility index (Phi) is 4.81. The Bertz CT molecular complexity index is 338. The average Bonchev–Trinajstić information content (AvgIpc) is 2.29. The van der Waals surface area contributed by atoms with E-state index in [1.165, 1.54) is 0 Å². The van der Waals surface area contributed by atoms with Crippen LogP contribution in [0.5, 0.6) is 0 Å². The molecule has 0 aliphatic heterocycles. The summed E-state index contributed by atoms with van der Waals surface area (Å²) < 4.78 is 0. The second kappa shape index (κ2) is 5.69. The fourth-order valence-corrected chi connectivity index (χ4v) is 1.59. The average molecular weight is 262 g/mol. The topological polar surface area (TPSA) is 37.8 Å². The smallest absolute Gasteiger partial charge is 0.130 e. The van der Waals surface area contributed by atoms with E-state index in [0.717, 1.165) is 11.5 Å². The zero-order valence-corrected chi connectivity index (χ0v) is 11.3. The fraction of sp³-hybridized carbons (Fsp3) is 0.636. The largest absolute Gasteiger partial charge is 0.362 e. The summed E-state index contributed by atoms with van der Waals surface area (Å²) >= 11 is 11.7. The molecule has 16 heavy (non-hydrogen) atoms. The summed E-state index contributed by atoms with van der Waals surface area (Å²) in [7, 11) is 0. The summed E-state index contributed by atoms with van der Waals surface area (Å²) in [5.74, 6) is 2.00. The maximum absolute atomic E-state index is 5.87. The molecule has 0 unspecified atom stereocenters. The van der Waals surface area contributed by atoms with Crippen LogP contribution >= 0.6 is 23.2 Å². The Hall–Kier alpha value is -0.540. The van der Waals surface area contributed by atoms with Gasteiger partial charge >= 0.3 is 0 Å². The molecule has 0 saturated heterocycles. The van der Waals surface area contributed by atoms with Gasteiger partial charge in [-0.15, -0.1) is 23.2 Å². The molecule has 0 aliphatic carbocycles. The molecule has 0 radical (unpaired) electrons. The van der Waals surface area contributed by atoms with Gasteiger partial charge < -0.3 is 5.32 Å². The second-order valence-corrected chi connectivity index (χ2v) is 4.97. The van der Waals surface area contributed by atoms with Gasteiger partial charge in [-0.1, -0.05) is 13.8 Å². The number of nitrogens with one attached hydrogen (secondary N) is 1. The van der Waals surface area contributed by atoms with Crippen molar-refractivity contribution in [3.63, 3.8) is 0 Å². The molecular weight excluding hydrogens is 245 g/mol. The SMILES string of the molecule is CC(C)c1cc(NC(C)(CCl)CCl)ncn1. The Labute approximate surface area is 107 Å². The van der Waals surface area contributed by atoms with Crippen molar-refractivity contribution >= 4 is 29.0 Å². The highest BCUT2D eigenvalue weighted by Crippen LogP contribution is 2.19. The lowest BCUT2D eigenvalue weighted by Gasteiger charge is -2.26. The molecule has 90 valence electrons. The molecule has 1 aromatic heterocycles. The zero-order chi connectivity index (χ0) is 12.2. The normalized spacial score (nSPS) is 11.9. The molecule has 0 spiro atoms. The van der Waals surface area contributed by atoms with E-state index in [4.69, 9.17) is 23.2 Å². The van der Waals surface area contributed by atoms with E-state index >= 15 is 0 Å². The standard InChI is InChI=1S/C11H17Cl2N3/c1-8(2)9-4-10(15-7-14-9)16-11(3,5-12)6-13/h4,7-8H,5-6H2,1-3H3,(H,14,15,16). The molecule has 0 aliphatic rings. The third-order valence-corrected chi connectivity index (χ3v) is 3.48. The number of anilines is 1. The number of halogens is 2. The molecule has 0 atom stereocenters. The van der Waals surface area contributed by atoms with Crippen LogP contribution in [0.25, 0.3) is 0 Å². The summed E-state index contributed by atoms with van der Waals surface area (Å²) in [4.78, 5) is 8.37. The number of nitrogens with zero attached hydrogens (tertiary/aromatic N) is 2. The Morgan fingerprint density at radius 1 is 1.31 bits per heavy atom. The molecule has 1 rings (SSSR count). The number of hydrogen-bond acceptors (Lipinski definition) is 3. The third kappa shape index (κ3) is 3.49. The predicted octanol–water partition coefficient (Wildman–Crippen LogP) is 3.25. The first-order chi connectivity index (χ1) is 7.50. The van der Waals surface area contributed by atoms with E-state index < -0.39 is 0 Å². The van der Waals surface area contributed by atoms with Gasteiger partial charge in [0, 0.05) is 23.5 Å². The zero-order valence-electron chi connectivity index (χ0n) is 9.80. The Balaban J connectivity index is 2.85. The van der Waals surface area contributed by atoms with Gasteiger partial charge in [0.05, 0.1) is 5.54 Å². The lowest BCUT2D eigenvalue weighted by molar-refractivity contribution is 0.643. The van der Waals surface area contributed by atoms with E-state index in [1.807, 2.05) is 13.0 Å². The van der Waals surface area contributed by atoms with Crippen LogP contribution in [-0.2, 0) is 0 Å². The Morgan fingerprint density at radius 2 is 1.94 bits per heavy atom. The number of aromatic nitrogens is 2. The van der Waals surface area contributed by atoms with Crippen molar-refractivity contribution in [1.29, 1.82) is 0 Å². The van der Waals surface area contributed by atoms with Gasteiger partial charge in [-0.2, -0.15) is 0 Å². The van der Waals surface area contributed by atoms with Crippen LogP contribution in [0, 0.1) is 0 Å². The molecule has 0 bridgehead atoms. The van der Waals surface area contributed by atoms with Crippen molar-refractivity contribution < 1.29 is 0 Å². The van der Waals surface area contributed by atoms with Crippen LogP contribution in [0.4, 0.5) is 5.82 Å². The molecule has 0 fully saturated rings. The van der Waals surface area contributed by atoms with Crippen LogP contribution in [0.1, 0.15) is 32.4 Å². The summed E-state index contributed by atoms with van der Waals surface area (Å²) in [6.07, 6.45) is 1.56. The third-order valence-electron chi connectivity index (χ3n) is 2.30. The molecule has 3 nitrogen and oxygen atoms in total. The lowest BCUT2D eigenvalue weighted by Crippen LogP contribution is -2.39. The molecule has 5 heteroatoms. The second-order valence-electron chi connectivity index (χ2n) is 4.44. The fourth-order valence-electron chi connectivity index (χ4n) is 1.17. The highest BCUT2D eigenvalue weighted by Gasteiger charge is 2.22. The van der Waals surface area contributed by atoms with Crippen LogP contribution in [0.15, 0.2) is 12.4 Å². The highest BCUT2D eigenvalue weighted by molar-refractivity contribution is 6.22. The lowest BCUT2D eigenvalue weighted by atomic mass is 10.1. The van der Waals surface area contributed by atoms with Gasteiger partial charge in [0.2, 0.25) is 0 Å². The molecule has 1 heterocycles. The van der Waals surface area contributed by atoms with Crippen LogP contribution in [-0.4, -0.2) is 27.3 Å². The van der Waals surface area contributed by atoms with Crippen molar-refractivity contribution in [3.8, 4) is 0 Å². The number of alkyl halides is 2. The summed E-state index contributed by atoms with van der Waals surface area (Å²) in [6.45, 7) is 6.15. The van der Waals surface area contributed by atoms with Gasteiger partial charge in [0.15, 0.2) is 0 Å². The monoisotopic (exact) mass is 261 g/mol. The summed E-state index contributed by atoms with van der Waals surface area (Å²) in [5, 5.41) is 3.24. The van der Waals surface area contributed by atoms with Crippen molar-refractivity contribution in [1.82, 2.24) is 9.97 Å². The van der Waals surface area contributed by atoms with Gasteiger partial charge in [-0.05, 0) is 12.8 Å². The van der Waals surface area contributed by atoms with E-state index in [-0.39, 0.29) is 5.54 Å². The van der Waals surface area contributed by atoms with Crippen molar-refractivity contribution in [2.75, 3.05) is 17.1 Å². The van der Waals surface area contributed by atoms with Gasteiger partial charge in [0.25, 0.3) is 0 Å². The van der Waals surface area contributed by atoms with Gasteiger partial charge in [0.1, 0.15) is 12.1 Å². The van der Waals surface area contributed by atoms with E-state index in [2.05, 4.69) is 29.1 Å². The maximum atomic E-state index is 5.87. The van der Waals surface area contributed by atoms with Crippen molar-refractivity contribution in [3.05, 3.63) is 18.1 Å². The minimum atomic E-state index is -0.342. The first-order valence-corrected chi connectivity index (χ1v) is 6.30.